The number of nitrogens with one attached hydrogen (secondary N) is 2. The molecular formula is C12H13F3N2O. The van der Waals surface area contributed by atoms with Crippen LogP contribution in [0.4, 0.5) is 18.9 Å². The van der Waals surface area contributed by atoms with E-state index >= 15 is 0 Å². The standard InChI is InChI=1S/C12H13F3N2O/c13-12(14,15)8-3-5-9(6-4-8)17-11(18)10-2-1-7-16-10/h3-6,10,16H,1-2,7H2,(H,17,18)/t10-/m0/s1. The third-order valence-corrected chi connectivity index (χ3v) is 2.86. The maximum Gasteiger partial charge on any atom is 0.416 e. The van der Waals surface area contributed by atoms with Crippen LogP contribution in [-0.2, 0) is 11.0 Å². The van der Waals surface area contributed by atoms with Gasteiger partial charge < -0.3 is 10.6 Å². The summed E-state index contributed by atoms with van der Waals surface area (Å²) in [5.74, 6) is -0.202. The summed E-state index contributed by atoms with van der Waals surface area (Å²) in [5, 5.41) is 5.61. The lowest BCUT2D eigenvalue weighted by molar-refractivity contribution is -0.137. The van der Waals surface area contributed by atoms with E-state index in [1.54, 1.807) is 0 Å². The lowest BCUT2D eigenvalue weighted by atomic mass is 10.2. The number of amides is 1. The number of hydrogen-bond donors (Lipinski definition) is 2. The Morgan fingerprint density at radius 1 is 1.28 bits per heavy atom. The van der Waals surface area contributed by atoms with Crippen LogP contribution in [0.5, 0.6) is 0 Å². The zero-order chi connectivity index (χ0) is 13.2. The topological polar surface area (TPSA) is 41.1 Å². The third-order valence-electron chi connectivity index (χ3n) is 2.86. The van der Waals surface area contributed by atoms with Gasteiger partial charge >= 0.3 is 6.18 Å². The molecule has 18 heavy (non-hydrogen) atoms. The minimum atomic E-state index is -4.35. The quantitative estimate of drug-likeness (QED) is 0.855. The van der Waals surface area contributed by atoms with E-state index in [-0.39, 0.29) is 11.9 Å². The summed E-state index contributed by atoms with van der Waals surface area (Å²) in [6.45, 7) is 0.797. The number of halogens is 3. The van der Waals surface area contributed by atoms with Gasteiger partial charge in [-0.05, 0) is 43.7 Å². The third kappa shape index (κ3) is 3.01. The van der Waals surface area contributed by atoms with E-state index in [2.05, 4.69) is 10.6 Å². The van der Waals surface area contributed by atoms with Gasteiger partial charge in [-0.25, -0.2) is 0 Å². The van der Waals surface area contributed by atoms with Crippen molar-refractivity contribution < 1.29 is 18.0 Å². The van der Waals surface area contributed by atoms with E-state index in [4.69, 9.17) is 0 Å². The molecule has 1 saturated heterocycles. The van der Waals surface area contributed by atoms with Crippen molar-refractivity contribution in [3.8, 4) is 0 Å². The Bertz CT molecular complexity index is 422. The molecule has 0 radical (unpaired) electrons. The van der Waals surface area contributed by atoms with E-state index in [0.29, 0.717) is 5.69 Å². The first-order valence-electron chi connectivity index (χ1n) is 5.68. The molecule has 2 rings (SSSR count). The first-order valence-corrected chi connectivity index (χ1v) is 5.68. The molecule has 0 saturated carbocycles. The molecule has 0 unspecified atom stereocenters. The number of rotatable bonds is 2. The van der Waals surface area contributed by atoms with Crippen LogP contribution >= 0.6 is 0 Å². The molecule has 98 valence electrons. The summed E-state index contributed by atoms with van der Waals surface area (Å²) >= 11 is 0. The first kappa shape index (κ1) is 12.9. The van der Waals surface area contributed by atoms with E-state index < -0.39 is 11.7 Å². The highest BCUT2D eigenvalue weighted by Crippen LogP contribution is 2.29. The van der Waals surface area contributed by atoms with Gasteiger partial charge in [0.2, 0.25) is 5.91 Å². The molecule has 0 bridgehead atoms. The zero-order valence-corrected chi connectivity index (χ0v) is 9.55. The van der Waals surface area contributed by atoms with Gasteiger partial charge in [-0.15, -0.1) is 0 Å². The van der Waals surface area contributed by atoms with E-state index in [1.165, 1.54) is 12.1 Å². The molecule has 0 aliphatic carbocycles. The predicted octanol–water partition coefficient (Wildman–Crippen LogP) is 2.40. The van der Waals surface area contributed by atoms with E-state index in [0.717, 1.165) is 31.5 Å². The maximum atomic E-state index is 12.3. The van der Waals surface area contributed by atoms with Crippen molar-refractivity contribution in [1.82, 2.24) is 5.32 Å². The Balaban J connectivity index is 2.00. The predicted molar refractivity (Wildman–Crippen MR) is 61.1 cm³/mol. The molecule has 1 fully saturated rings. The van der Waals surface area contributed by atoms with Crippen LogP contribution < -0.4 is 10.6 Å². The van der Waals surface area contributed by atoms with Gasteiger partial charge in [-0.2, -0.15) is 13.2 Å². The van der Waals surface area contributed by atoms with Crippen molar-refractivity contribution in [2.75, 3.05) is 11.9 Å². The summed E-state index contributed by atoms with van der Waals surface area (Å²) in [6.07, 6.45) is -2.66. The highest BCUT2D eigenvalue weighted by atomic mass is 19.4. The molecule has 3 nitrogen and oxygen atoms in total. The van der Waals surface area contributed by atoms with Crippen molar-refractivity contribution in [1.29, 1.82) is 0 Å². The van der Waals surface area contributed by atoms with Crippen LogP contribution in [0, 0.1) is 0 Å². The van der Waals surface area contributed by atoms with Crippen LogP contribution in [0.25, 0.3) is 0 Å². The van der Waals surface area contributed by atoms with Crippen LogP contribution in [0.1, 0.15) is 18.4 Å². The first-order chi connectivity index (χ1) is 8.47. The lowest BCUT2D eigenvalue weighted by Crippen LogP contribution is -2.35. The van der Waals surface area contributed by atoms with Crippen molar-refractivity contribution in [3.63, 3.8) is 0 Å². The second-order valence-corrected chi connectivity index (χ2v) is 4.21. The Labute approximate surface area is 102 Å². The molecule has 1 aromatic rings. The van der Waals surface area contributed by atoms with Crippen LogP contribution in [0.3, 0.4) is 0 Å². The van der Waals surface area contributed by atoms with Gasteiger partial charge in [0.1, 0.15) is 0 Å². The highest BCUT2D eigenvalue weighted by molar-refractivity contribution is 5.95. The lowest BCUT2D eigenvalue weighted by Gasteiger charge is -2.12. The Morgan fingerprint density at radius 2 is 1.94 bits per heavy atom. The molecule has 1 amide bonds. The van der Waals surface area contributed by atoms with E-state index in [9.17, 15) is 18.0 Å². The molecule has 1 aliphatic heterocycles. The number of carbonyl (C=O) groups excluding carboxylic acids is 1. The van der Waals surface area contributed by atoms with Crippen molar-refractivity contribution in [2.24, 2.45) is 0 Å². The Hall–Kier alpha value is -1.56. The number of carbonyl (C=O) groups is 1. The fourth-order valence-corrected chi connectivity index (χ4v) is 1.88. The summed E-state index contributed by atoms with van der Waals surface area (Å²) in [5.41, 5.74) is -0.346. The molecule has 0 spiro atoms. The highest BCUT2D eigenvalue weighted by Gasteiger charge is 2.30. The Morgan fingerprint density at radius 3 is 2.44 bits per heavy atom. The molecule has 1 aliphatic rings. The van der Waals surface area contributed by atoms with Gasteiger partial charge in [-0.1, -0.05) is 0 Å². The van der Waals surface area contributed by atoms with Gasteiger partial charge in [0.05, 0.1) is 11.6 Å². The minimum absolute atomic E-state index is 0.202. The summed E-state index contributed by atoms with van der Waals surface area (Å²) in [7, 11) is 0. The zero-order valence-electron chi connectivity index (χ0n) is 9.55. The van der Waals surface area contributed by atoms with Crippen molar-refractivity contribution in [2.45, 2.75) is 25.1 Å². The normalized spacial score (nSPS) is 19.8. The smallest absolute Gasteiger partial charge is 0.325 e. The molecule has 6 heteroatoms. The fourth-order valence-electron chi connectivity index (χ4n) is 1.88. The van der Waals surface area contributed by atoms with Crippen molar-refractivity contribution in [3.05, 3.63) is 29.8 Å². The van der Waals surface area contributed by atoms with Gasteiger partial charge in [0.15, 0.2) is 0 Å². The minimum Gasteiger partial charge on any atom is -0.325 e. The number of hydrogen-bond acceptors (Lipinski definition) is 2. The summed E-state index contributed by atoms with van der Waals surface area (Å²) in [4.78, 5) is 11.7. The molecular weight excluding hydrogens is 245 g/mol. The number of anilines is 1. The summed E-state index contributed by atoms with van der Waals surface area (Å²) in [6, 6.07) is 4.19. The molecule has 1 heterocycles. The SMILES string of the molecule is O=C(Nc1ccc(C(F)(F)F)cc1)[C@@H]1CCCN1. The second kappa shape index (κ2) is 4.97. The van der Waals surface area contributed by atoms with E-state index in [1.807, 2.05) is 0 Å². The monoisotopic (exact) mass is 258 g/mol. The number of benzene rings is 1. The fraction of sp³-hybridized carbons (Fsp3) is 0.417. The molecule has 1 atom stereocenters. The molecule has 0 aromatic heterocycles. The largest absolute Gasteiger partial charge is 0.416 e. The molecule has 2 N–H and O–H groups in total. The molecule has 1 aromatic carbocycles. The van der Waals surface area contributed by atoms with Gasteiger partial charge in [-0.3, -0.25) is 4.79 Å². The van der Waals surface area contributed by atoms with Gasteiger partial charge in [0, 0.05) is 5.69 Å². The average Bonchev–Trinajstić information content (AvgIpc) is 2.82. The van der Waals surface area contributed by atoms with Crippen LogP contribution in [-0.4, -0.2) is 18.5 Å². The average molecular weight is 258 g/mol. The maximum absolute atomic E-state index is 12.3. The summed E-state index contributed by atoms with van der Waals surface area (Å²) < 4.78 is 37.0. The van der Waals surface area contributed by atoms with Gasteiger partial charge in [0.25, 0.3) is 0 Å². The van der Waals surface area contributed by atoms with Crippen molar-refractivity contribution >= 4 is 11.6 Å². The Kier molecular flexibility index (Phi) is 3.56. The van der Waals surface area contributed by atoms with Crippen LogP contribution in [0.2, 0.25) is 0 Å². The van der Waals surface area contributed by atoms with Crippen LogP contribution in [0.15, 0.2) is 24.3 Å². The second-order valence-electron chi connectivity index (χ2n) is 4.21. The number of alkyl halides is 3.